The summed E-state index contributed by atoms with van der Waals surface area (Å²) < 4.78 is 31.5. The molecule has 2 rings (SSSR count). The minimum Gasteiger partial charge on any atom is -0.332 e. The second-order valence-corrected chi connectivity index (χ2v) is 7.28. The third-order valence-electron chi connectivity index (χ3n) is 2.37. The highest BCUT2D eigenvalue weighted by Gasteiger charge is 2.19. The van der Waals surface area contributed by atoms with Gasteiger partial charge in [0.2, 0.25) is 10.0 Å². The monoisotopic (exact) mass is 345 g/mol. The van der Waals surface area contributed by atoms with E-state index < -0.39 is 15.3 Å². The summed E-state index contributed by atoms with van der Waals surface area (Å²) in [6.45, 7) is 3.14. The Morgan fingerprint density at radius 3 is 2.47 bits per heavy atom. The molecule has 0 amide bonds. The molecule has 0 atom stereocenters. The van der Waals surface area contributed by atoms with Crippen LogP contribution in [0.4, 0.5) is 5.95 Å². The van der Waals surface area contributed by atoms with Gasteiger partial charge in [-0.25, -0.2) is 13.1 Å². The van der Waals surface area contributed by atoms with E-state index in [0.717, 1.165) is 4.47 Å². The number of benzene rings is 1. The highest BCUT2D eigenvalue weighted by Crippen LogP contribution is 2.21. The van der Waals surface area contributed by atoms with Crippen molar-refractivity contribution in [1.29, 1.82) is 0 Å². The van der Waals surface area contributed by atoms with Gasteiger partial charge in [0, 0.05) is 10.0 Å². The predicted molar refractivity (Wildman–Crippen MR) is 75.1 cm³/mol. The number of nitrogens with zero attached hydrogens (tertiary/aromatic N) is 2. The topological polar surface area (TPSA) is 85.1 Å². The van der Waals surface area contributed by atoms with Gasteiger partial charge >= 0.3 is 0 Å². The SMILES string of the molecule is CC(C)S(=O)(=O)Nc1noc(-c2ccc(Br)cc2)n1. The largest absolute Gasteiger partial charge is 0.332 e. The zero-order valence-corrected chi connectivity index (χ0v) is 12.7. The van der Waals surface area contributed by atoms with Crippen molar-refractivity contribution in [2.45, 2.75) is 19.1 Å². The molecule has 0 saturated heterocycles. The van der Waals surface area contributed by atoms with Crippen molar-refractivity contribution in [1.82, 2.24) is 10.1 Å². The molecule has 1 aromatic heterocycles. The van der Waals surface area contributed by atoms with Gasteiger partial charge in [0.25, 0.3) is 11.8 Å². The zero-order valence-electron chi connectivity index (χ0n) is 10.3. The average molecular weight is 346 g/mol. The van der Waals surface area contributed by atoms with E-state index in [0.29, 0.717) is 5.56 Å². The van der Waals surface area contributed by atoms with Crippen LogP contribution in [0, 0.1) is 0 Å². The summed E-state index contributed by atoms with van der Waals surface area (Å²) in [5.41, 5.74) is 0.714. The first kappa shape index (κ1) is 14.0. The normalized spacial score (nSPS) is 11.8. The van der Waals surface area contributed by atoms with Gasteiger partial charge in [0.05, 0.1) is 5.25 Å². The van der Waals surface area contributed by atoms with Crippen LogP contribution < -0.4 is 4.72 Å². The van der Waals surface area contributed by atoms with E-state index in [9.17, 15) is 8.42 Å². The molecule has 19 heavy (non-hydrogen) atoms. The summed E-state index contributed by atoms with van der Waals surface area (Å²) in [6.07, 6.45) is 0. The van der Waals surface area contributed by atoms with E-state index in [-0.39, 0.29) is 11.8 Å². The van der Waals surface area contributed by atoms with Gasteiger partial charge in [0.1, 0.15) is 0 Å². The van der Waals surface area contributed by atoms with Crippen LogP contribution in [0.1, 0.15) is 13.8 Å². The third-order valence-corrected chi connectivity index (χ3v) is 4.61. The van der Waals surface area contributed by atoms with E-state index in [1.54, 1.807) is 26.0 Å². The van der Waals surface area contributed by atoms with E-state index in [1.807, 2.05) is 12.1 Å². The summed E-state index contributed by atoms with van der Waals surface area (Å²) >= 11 is 3.32. The Morgan fingerprint density at radius 1 is 1.26 bits per heavy atom. The third kappa shape index (κ3) is 3.32. The van der Waals surface area contributed by atoms with Crippen molar-refractivity contribution < 1.29 is 12.9 Å². The maximum atomic E-state index is 11.7. The molecule has 0 saturated carbocycles. The quantitative estimate of drug-likeness (QED) is 0.920. The van der Waals surface area contributed by atoms with Gasteiger partial charge < -0.3 is 4.52 Å². The van der Waals surface area contributed by atoms with Crippen molar-refractivity contribution in [2.24, 2.45) is 0 Å². The summed E-state index contributed by atoms with van der Waals surface area (Å²) in [6, 6.07) is 7.24. The standard InChI is InChI=1S/C11H12BrN3O3S/c1-7(2)19(16,17)15-11-13-10(18-14-11)8-3-5-9(12)6-4-8/h3-7H,1-2H3,(H,14,15). The van der Waals surface area contributed by atoms with Crippen LogP contribution in [0.5, 0.6) is 0 Å². The molecule has 0 spiro atoms. The molecular weight excluding hydrogens is 334 g/mol. The van der Waals surface area contributed by atoms with Gasteiger partial charge in [0.15, 0.2) is 0 Å². The second kappa shape index (κ2) is 5.30. The van der Waals surface area contributed by atoms with E-state index >= 15 is 0 Å². The maximum Gasteiger partial charge on any atom is 0.277 e. The Morgan fingerprint density at radius 2 is 1.89 bits per heavy atom. The van der Waals surface area contributed by atoms with Gasteiger partial charge in [-0.2, -0.15) is 4.98 Å². The Hall–Kier alpha value is -1.41. The fourth-order valence-electron chi connectivity index (χ4n) is 1.22. The number of nitrogens with one attached hydrogen (secondary N) is 1. The number of hydrogen-bond acceptors (Lipinski definition) is 5. The van der Waals surface area contributed by atoms with Crippen LogP contribution in [0.15, 0.2) is 33.3 Å². The lowest BCUT2D eigenvalue weighted by Gasteiger charge is -2.05. The summed E-state index contributed by atoms with van der Waals surface area (Å²) in [7, 11) is -3.47. The lowest BCUT2D eigenvalue weighted by atomic mass is 10.2. The molecule has 1 heterocycles. The van der Waals surface area contributed by atoms with Crippen LogP contribution >= 0.6 is 15.9 Å². The number of anilines is 1. The average Bonchev–Trinajstić information content (AvgIpc) is 2.77. The minimum atomic E-state index is -3.47. The Labute approximate surface area is 119 Å². The van der Waals surface area contributed by atoms with Gasteiger partial charge in [-0.15, -0.1) is 0 Å². The lowest BCUT2D eigenvalue weighted by Crippen LogP contribution is -2.23. The molecule has 0 fully saturated rings. The molecule has 2 aromatic rings. The van der Waals surface area contributed by atoms with E-state index in [1.165, 1.54) is 0 Å². The van der Waals surface area contributed by atoms with Crippen LogP contribution in [0.3, 0.4) is 0 Å². The number of aromatic nitrogens is 2. The molecule has 102 valence electrons. The fraction of sp³-hybridized carbons (Fsp3) is 0.273. The molecule has 0 bridgehead atoms. The Kier molecular flexibility index (Phi) is 3.91. The minimum absolute atomic E-state index is 0.0633. The van der Waals surface area contributed by atoms with Gasteiger partial charge in [-0.3, -0.25) is 0 Å². The Balaban J connectivity index is 2.22. The molecule has 0 radical (unpaired) electrons. The number of sulfonamides is 1. The summed E-state index contributed by atoms with van der Waals surface area (Å²) in [5.74, 6) is 0.195. The molecule has 0 aliphatic carbocycles. The van der Waals surface area contributed by atoms with Crippen molar-refractivity contribution in [2.75, 3.05) is 4.72 Å². The van der Waals surface area contributed by atoms with Gasteiger partial charge in [-0.05, 0) is 43.3 Å². The second-order valence-electron chi connectivity index (χ2n) is 4.13. The molecule has 1 N–H and O–H groups in total. The van der Waals surface area contributed by atoms with Crippen molar-refractivity contribution in [3.8, 4) is 11.5 Å². The predicted octanol–water partition coefficient (Wildman–Crippen LogP) is 2.65. The van der Waals surface area contributed by atoms with Crippen molar-refractivity contribution in [3.63, 3.8) is 0 Å². The number of halogens is 1. The maximum absolute atomic E-state index is 11.7. The molecule has 0 unspecified atom stereocenters. The number of hydrogen-bond donors (Lipinski definition) is 1. The number of rotatable bonds is 4. The molecule has 8 heteroatoms. The van der Waals surface area contributed by atoms with Crippen LogP contribution in [0.25, 0.3) is 11.5 Å². The molecule has 0 aliphatic rings. The molecular formula is C11H12BrN3O3S. The first-order chi connectivity index (χ1) is 8.88. The fourth-order valence-corrected chi connectivity index (χ4v) is 2.06. The molecule has 0 aliphatic heterocycles. The summed E-state index contributed by atoms with van der Waals surface area (Å²) in [4.78, 5) is 3.99. The van der Waals surface area contributed by atoms with Crippen LogP contribution in [0.2, 0.25) is 0 Å². The van der Waals surface area contributed by atoms with E-state index in [4.69, 9.17) is 4.52 Å². The van der Waals surface area contributed by atoms with Gasteiger partial charge in [-0.1, -0.05) is 15.9 Å². The smallest absolute Gasteiger partial charge is 0.277 e. The first-order valence-corrected chi connectivity index (χ1v) is 7.84. The van der Waals surface area contributed by atoms with E-state index in [2.05, 4.69) is 30.8 Å². The molecule has 6 nitrogen and oxygen atoms in total. The molecule has 1 aromatic carbocycles. The lowest BCUT2D eigenvalue weighted by molar-refractivity contribution is 0.433. The van der Waals surface area contributed by atoms with Crippen LogP contribution in [-0.4, -0.2) is 23.8 Å². The van der Waals surface area contributed by atoms with Crippen molar-refractivity contribution >= 4 is 31.9 Å². The highest BCUT2D eigenvalue weighted by atomic mass is 79.9. The first-order valence-electron chi connectivity index (χ1n) is 5.50. The summed E-state index contributed by atoms with van der Waals surface area (Å²) in [5, 5.41) is 3.03. The Bertz CT molecular complexity index is 665. The highest BCUT2D eigenvalue weighted by molar-refractivity contribution is 9.10. The van der Waals surface area contributed by atoms with Crippen LogP contribution in [-0.2, 0) is 10.0 Å². The van der Waals surface area contributed by atoms with Crippen molar-refractivity contribution in [3.05, 3.63) is 28.7 Å². The zero-order chi connectivity index (χ0) is 14.0.